The minimum absolute atomic E-state index is 0.191. The lowest BCUT2D eigenvalue weighted by atomic mass is 10.2. The van der Waals surface area contributed by atoms with E-state index in [1.165, 1.54) is 0 Å². The van der Waals surface area contributed by atoms with E-state index in [0.29, 0.717) is 40.2 Å². The van der Waals surface area contributed by atoms with Gasteiger partial charge in [0.05, 0.1) is 28.8 Å². The van der Waals surface area contributed by atoms with E-state index in [1.807, 2.05) is 25.1 Å². The summed E-state index contributed by atoms with van der Waals surface area (Å²) in [5.74, 6) is 1.38. The van der Waals surface area contributed by atoms with E-state index in [2.05, 4.69) is 20.6 Å². The van der Waals surface area contributed by atoms with Gasteiger partial charge in [-0.3, -0.25) is 4.79 Å². The number of nitrogens with zero attached hydrogens (tertiary/aromatic N) is 4. The second-order valence-corrected chi connectivity index (χ2v) is 6.76. The zero-order valence-corrected chi connectivity index (χ0v) is 16.8. The van der Waals surface area contributed by atoms with Crippen LogP contribution in [0.5, 0.6) is 5.75 Å². The quantitative estimate of drug-likeness (QED) is 0.476. The third kappa shape index (κ3) is 4.49. The van der Waals surface area contributed by atoms with Gasteiger partial charge in [-0.2, -0.15) is 10.1 Å². The highest BCUT2D eigenvalue weighted by Crippen LogP contribution is 2.21. The first-order valence-corrected chi connectivity index (χ1v) is 9.65. The minimum atomic E-state index is -0.258. The lowest BCUT2D eigenvalue weighted by molar-refractivity contribution is 0.102. The molecule has 0 fully saturated rings. The molecular weight excluding hydrogens is 406 g/mol. The average molecular weight is 424 g/mol. The van der Waals surface area contributed by atoms with Crippen LogP contribution in [0.2, 0.25) is 5.02 Å². The lowest BCUT2D eigenvalue weighted by Gasteiger charge is -2.06. The number of nitrogens with one attached hydrogen (secondary N) is 1. The predicted octanol–water partition coefficient (Wildman–Crippen LogP) is 4.30. The Bertz CT molecular complexity index is 1150. The molecule has 0 bridgehead atoms. The summed E-state index contributed by atoms with van der Waals surface area (Å²) in [6, 6.07) is 14.1. The molecule has 1 N–H and O–H groups in total. The van der Waals surface area contributed by atoms with Crippen LogP contribution in [-0.4, -0.2) is 25.8 Å². The first kappa shape index (κ1) is 19.7. The van der Waals surface area contributed by atoms with Crippen LogP contribution in [0.25, 0.3) is 5.69 Å². The van der Waals surface area contributed by atoms with Gasteiger partial charge in [0.15, 0.2) is 6.61 Å². The fourth-order valence-corrected chi connectivity index (χ4v) is 2.93. The number of hydrogen-bond acceptors (Lipinski definition) is 6. The van der Waals surface area contributed by atoms with Gasteiger partial charge >= 0.3 is 0 Å². The average Bonchev–Trinajstić information content (AvgIpc) is 3.42. The normalized spacial score (nSPS) is 10.7. The highest BCUT2D eigenvalue weighted by molar-refractivity contribution is 6.32. The molecule has 0 aliphatic heterocycles. The predicted molar refractivity (Wildman–Crippen MR) is 111 cm³/mol. The largest absolute Gasteiger partial charge is 0.485 e. The highest BCUT2D eigenvalue weighted by atomic mass is 35.5. The summed E-state index contributed by atoms with van der Waals surface area (Å²) in [6.07, 6.45) is 3.94. The second kappa shape index (κ2) is 8.79. The van der Waals surface area contributed by atoms with Crippen molar-refractivity contribution in [2.24, 2.45) is 0 Å². The fourth-order valence-electron chi connectivity index (χ4n) is 2.70. The van der Waals surface area contributed by atoms with Crippen molar-refractivity contribution in [2.75, 3.05) is 5.32 Å². The van der Waals surface area contributed by atoms with E-state index in [1.54, 1.807) is 47.4 Å². The fraction of sp³-hybridized carbons (Fsp3) is 0.143. The van der Waals surface area contributed by atoms with Crippen molar-refractivity contribution in [3.63, 3.8) is 0 Å². The Kier molecular flexibility index (Phi) is 5.76. The highest BCUT2D eigenvalue weighted by Gasteiger charge is 2.10. The number of benzene rings is 2. The molecule has 30 heavy (non-hydrogen) atoms. The number of aromatic nitrogens is 4. The molecule has 1 amide bonds. The smallest absolute Gasteiger partial charge is 0.255 e. The molecule has 9 heteroatoms. The molecule has 8 nitrogen and oxygen atoms in total. The van der Waals surface area contributed by atoms with Crippen LogP contribution in [-0.2, 0) is 13.0 Å². The van der Waals surface area contributed by atoms with Crippen molar-refractivity contribution in [2.45, 2.75) is 20.0 Å². The van der Waals surface area contributed by atoms with Crippen LogP contribution >= 0.6 is 11.6 Å². The minimum Gasteiger partial charge on any atom is -0.485 e. The Labute approximate surface area is 177 Å². The lowest BCUT2D eigenvalue weighted by Crippen LogP contribution is -2.11. The summed E-state index contributed by atoms with van der Waals surface area (Å²) < 4.78 is 12.3. The number of carbonyl (C=O) groups is 1. The Morgan fingerprint density at radius 3 is 2.73 bits per heavy atom. The number of anilines is 1. The van der Waals surface area contributed by atoms with Gasteiger partial charge in [0.25, 0.3) is 5.91 Å². The first-order chi connectivity index (χ1) is 14.6. The molecule has 0 aliphatic rings. The van der Waals surface area contributed by atoms with E-state index in [4.69, 9.17) is 20.9 Å². The number of amides is 1. The van der Waals surface area contributed by atoms with Crippen molar-refractivity contribution in [3.05, 3.63) is 83.2 Å². The molecule has 2 heterocycles. The van der Waals surface area contributed by atoms with Gasteiger partial charge in [0.1, 0.15) is 5.75 Å². The number of halogens is 1. The third-order valence-electron chi connectivity index (χ3n) is 4.24. The molecule has 0 aliphatic carbocycles. The van der Waals surface area contributed by atoms with Crippen LogP contribution in [0, 0.1) is 0 Å². The molecule has 0 radical (unpaired) electrons. The second-order valence-electron chi connectivity index (χ2n) is 6.35. The van der Waals surface area contributed by atoms with Gasteiger partial charge in [0.2, 0.25) is 11.7 Å². The molecule has 0 unspecified atom stereocenters. The van der Waals surface area contributed by atoms with E-state index < -0.39 is 0 Å². The molecule has 2 aromatic carbocycles. The van der Waals surface area contributed by atoms with Crippen molar-refractivity contribution in [1.82, 2.24) is 19.9 Å². The molecule has 4 aromatic rings. The zero-order chi connectivity index (χ0) is 20.9. The van der Waals surface area contributed by atoms with Crippen LogP contribution in [0.4, 0.5) is 5.69 Å². The Hall–Kier alpha value is -3.65. The Morgan fingerprint density at radius 2 is 2.00 bits per heavy atom. The van der Waals surface area contributed by atoms with Crippen molar-refractivity contribution in [1.29, 1.82) is 0 Å². The van der Waals surface area contributed by atoms with Crippen molar-refractivity contribution in [3.8, 4) is 11.4 Å². The van der Waals surface area contributed by atoms with Crippen molar-refractivity contribution >= 4 is 23.2 Å². The number of hydrogen-bond donors (Lipinski definition) is 1. The Balaban J connectivity index is 1.36. The molecule has 0 saturated heterocycles. The molecule has 0 spiro atoms. The van der Waals surface area contributed by atoms with Crippen LogP contribution in [0.1, 0.15) is 29.0 Å². The van der Waals surface area contributed by atoms with E-state index in [0.717, 1.165) is 5.69 Å². The van der Waals surface area contributed by atoms with Gasteiger partial charge in [-0.25, -0.2) is 4.68 Å². The summed E-state index contributed by atoms with van der Waals surface area (Å²) >= 11 is 6.18. The summed E-state index contributed by atoms with van der Waals surface area (Å²) in [7, 11) is 0. The molecule has 0 atom stereocenters. The zero-order valence-electron chi connectivity index (χ0n) is 16.1. The summed E-state index contributed by atoms with van der Waals surface area (Å²) in [5, 5.41) is 11.5. The summed E-state index contributed by atoms with van der Waals surface area (Å²) in [6.45, 7) is 2.13. The van der Waals surface area contributed by atoms with Gasteiger partial charge in [-0.05, 0) is 36.4 Å². The SMILES string of the molecule is CCc1nc(COc2ccc(C(=O)Nc3cnn(-c4ccccc4Cl)c3)cc2)no1. The Morgan fingerprint density at radius 1 is 1.20 bits per heavy atom. The third-order valence-corrected chi connectivity index (χ3v) is 4.56. The maximum absolute atomic E-state index is 12.5. The number of aryl methyl sites for hydroxylation is 1. The molecule has 0 saturated carbocycles. The van der Waals surface area contributed by atoms with Crippen LogP contribution in [0.3, 0.4) is 0 Å². The summed E-state index contributed by atoms with van der Waals surface area (Å²) in [4.78, 5) is 16.7. The number of para-hydroxylation sites is 1. The topological polar surface area (TPSA) is 95.1 Å². The maximum Gasteiger partial charge on any atom is 0.255 e. The molecule has 4 rings (SSSR count). The standard InChI is InChI=1S/C21H18ClN5O3/c1-2-20-25-19(26-30-20)13-29-16-9-7-14(8-10-16)21(28)24-15-11-23-27(12-15)18-6-4-3-5-17(18)22/h3-12H,2,13H2,1H3,(H,24,28). The summed E-state index contributed by atoms with van der Waals surface area (Å²) in [5.41, 5.74) is 1.78. The van der Waals surface area contributed by atoms with E-state index in [9.17, 15) is 4.79 Å². The number of ether oxygens (including phenoxy) is 1. The van der Waals surface area contributed by atoms with Crippen LogP contribution in [0.15, 0.2) is 65.4 Å². The maximum atomic E-state index is 12.5. The molecule has 2 aromatic heterocycles. The molecular formula is C21H18ClN5O3. The van der Waals surface area contributed by atoms with Gasteiger partial charge in [0, 0.05) is 12.0 Å². The monoisotopic (exact) mass is 423 g/mol. The van der Waals surface area contributed by atoms with Crippen LogP contribution < -0.4 is 10.1 Å². The van der Waals surface area contributed by atoms with E-state index >= 15 is 0 Å². The number of carbonyl (C=O) groups excluding carboxylic acids is 1. The van der Waals surface area contributed by atoms with Gasteiger partial charge < -0.3 is 14.6 Å². The van der Waals surface area contributed by atoms with Gasteiger partial charge in [-0.1, -0.05) is 35.8 Å². The molecule has 152 valence electrons. The number of rotatable bonds is 7. The van der Waals surface area contributed by atoms with Crippen molar-refractivity contribution < 1.29 is 14.1 Å². The first-order valence-electron chi connectivity index (χ1n) is 9.27. The van der Waals surface area contributed by atoms with E-state index in [-0.39, 0.29) is 12.5 Å². The van der Waals surface area contributed by atoms with Gasteiger partial charge in [-0.15, -0.1) is 0 Å².